The molecular formula is C14H26N4O. The summed E-state index contributed by atoms with van der Waals surface area (Å²) in [6, 6.07) is 1.94. The van der Waals surface area contributed by atoms with E-state index in [1.165, 1.54) is 6.33 Å². The molecule has 0 saturated heterocycles. The minimum absolute atomic E-state index is 0.106. The molecule has 0 saturated carbocycles. The molecule has 108 valence electrons. The van der Waals surface area contributed by atoms with Crippen LogP contribution in [0.15, 0.2) is 12.4 Å². The van der Waals surface area contributed by atoms with Crippen molar-refractivity contribution in [2.75, 3.05) is 11.9 Å². The third-order valence-corrected chi connectivity index (χ3v) is 3.17. The summed E-state index contributed by atoms with van der Waals surface area (Å²) >= 11 is 0. The van der Waals surface area contributed by atoms with Crippen molar-refractivity contribution in [2.24, 2.45) is 11.7 Å². The van der Waals surface area contributed by atoms with Crippen molar-refractivity contribution in [1.29, 1.82) is 0 Å². The van der Waals surface area contributed by atoms with Crippen LogP contribution in [0.1, 0.15) is 40.5 Å². The first-order chi connectivity index (χ1) is 9.06. The number of nitrogens with two attached hydrogens (primary N) is 1. The normalized spacial score (nSPS) is 12.8. The first kappa shape index (κ1) is 15.7. The van der Waals surface area contributed by atoms with E-state index in [1.807, 2.05) is 13.8 Å². The summed E-state index contributed by atoms with van der Waals surface area (Å²) in [5.41, 5.74) is 6.17. The van der Waals surface area contributed by atoms with Gasteiger partial charge in [0.25, 0.3) is 0 Å². The van der Waals surface area contributed by atoms with Gasteiger partial charge in [-0.2, -0.15) is 0 Å². The molecule has 1 rings (SSSR count). The Balaban J connectivity index is 2.53. The van der Waals surface area contributed by atoms with Crippen LogP contribution in [0.4, 0.5) is 5.82 Å². The molecule has 3 N–H and O–H groups in total. The molecule has 0 aromatic carbocycles. The number of hydrogen-bond acceptors (Lipinski definition) is 5. The van der Waals surface area contributed by atoms with Crippen LogP contribution < -0.4 is 15.8 Å². The Labute approximate surface area is 116 Å². The summed E-state index contributed by atoms with van der Waals surface area (Å²) in [5, 5.41) is 3.25. The molecule has 0 radical (unpaired) electrons. The lowest BCUT2D eigenvalue weighted by atomic mass is 9.95. The maximum Gasteiger partial charge on any atom is 0.218 e. The quantitative estimate of drug-likeness (QED) is 0.756. The van der Waals surface area contributed by atoms with Gasteiger partial charge in [-0.25, -0.2) is 9.97 Å². The maximum atomic E-state index is 6.17. The van der Waals surface area contributed by atoms with Crippen molar-refractivity contribution < 1.29 is 4.74 Å². The van der Waals surface area contributed by atoms with E-state index < -0.39 is 0 Å². The first-order valence-corrected chi connectivity index (χ1v) is 7.04. The standard InChI is InChI=1S/C14H26N4O/c1-5-11(6-2)12(15)8-16-13-7-14(18-9-17-13)19-10(3)4/h7,9-12H,5-6,8,15H2,1-4H3,(H,16,17,18). The van der Waals surface area contributed by atoms with Crippen LogP contribution in [0, 0.1) is 5.92 Å². The van der Waals surface area contributed by atoms with E-state index in [4.69, 9.17) is 10.5 Å². The van der Waals surface area contributed by atoms with E-state index in [0.717, 1.165) is 18.7 Å². The van der Waals surface area contributed by atoms with Crippen molar-refractivity contribution in [2.45, 2.75) is 52.7 Å². The predicted octanol–water partition coefficient (Wildman–Crippen LogP) is 2.44. The van der Waals surface area contributed by atoms with Crippen molar-refractivity contribution in [3.8, 4) is 5.88 Å². The molecule has 19 heavy (non-hydrogen) atoms. The van der Waals surface area contributed by atoms with E-state index in [2.05, 4.69) is 29.1 Å². The highest BCUT2D eigenvalue weighted by Crippen LogP contribution is 2.15. The predicted molar refractivity (Wildman–Crippen MR) is 78.3 cm³/mol. The first-order valence-electron chi connectivity index (χ1n) is 7.04. The summed E-state index contributed by atoms with van der Waals surface area (Å²) in [4.78, 5) is 8.24. The number of aromatic nitrogens is 2. The fourth-order valence-corrected chi connectivity index (χ4v) is 2.03. The summed E-state index contributed by atoms with van der Waals surface area (Å²) in [6.07, 6.45) is 3.81. The topological polar surface area (TPSA) is 73.1 Å². The van der Waals surface area contributed by atoms with Gasteiger partial charge < -0.3 is 15.8 Å². The third kappa shape index (κ3) is 5.42. The van der Waals surface area contributed by atoms with Crippen LogP contribution >= 0.6 is 0 Å². The molecule has 1 heterocycles. The number of hydrogen-bond donors (Lipinski definition) is 2. The van der Waals surface area contributed by atoms with Gasteiger partial charge in [-0.1, -0.05) is 26.7 Å². The van der Waals surface area contributed by atoms with Crippen LogP contribution in [0.2, 0.25) is 0 Å². The molecule has 0 spiro atoms. The lowest BCUT2D eigenvalue weighted by molar-refractivity contribution is 0.232. The van der Waals surface area contributed by atoms with E-state index in [1.54, 1.807) is 6.07 Å². The zero-order valence-corrected chi connectivity index (χ0v) is 12.4. The average Bonchev–Trinajstić information content (AvgIpc) is 2.37. The van der Waals surface area contributed by atoms with Crippen molar-refractivity contribution >= 4 is 5.82 Å². The molecule has 1 aromatic rings. The third-order valence-electron chi connectivity index (χ3n) is 3.17. The van der Waals surface area contributed by atoms with Gasteiger partial charge >= 0.3 is 0 Å². The molecule has 1 unspecified atom stereocenters. The number of nitrogens with one attached hydrogen (secondary N) is 1. The average molecular weight is 266 g/mol. The Morgan fingerprint density at radius 3 is 2.53 bits per heavy atom. The molecule has 1 atom stereocenters. The summed E-state index contributed by atoms with van der Waals surface area (Å²) in [6.45, 7) is 9.00. The largest absolute Gasteiger partial charge is 0.475 e. The van der Waals surface area contributed by atoms with Gasteiger partial charge in [0.1, 0.15) is 12.1 Å². The van der Waals surface area contributed by atoms with Crippen molar-refractivity contribution in [1.82, 2.24) is 9.97 Å². The van der Waals surface area contributed by atoms with Gasteiger partial charge in [-0.05, 0) is 19.8 Å². The second kappa shape index (κ2) is 7.94. The Bertz CT molecular complexity index is 366. The second-order valence-electron chi connectivity index (χ2n) is 5.03. The minimum atomic E-state index is 0.106. The smallest absolute Gasteiger partial charge is 0.218 e. The van der Waals surface area contributed by atoms with Gasteiger partial charge in [-0.15, -0.1) is 0 Å². The number of rotatable bonds is 8. The van der Waals surface area contributed by atoms with Gasteiger partial charge in [0, 0.05) is 18.7 Å². The van der Waals surface area contributed by atoms with E-state index >= 15 is 0 Å². The monoisotopic (exact) mass is 266 g/mol. The highest BCUT2D eigenvalue weighted by molar-refractivity contribution is 5.37. The van der Waals surface area contributed by atoms with Crippen molar-refractivity contribution in [3.05, 3.63) is 12.4 Å². The van der Waals surface area contributed by atoms with Crippen LogP contribution in [0.3, 0.4) is 0 Å². The Morgan fingerprint density at radius 1 is 1.26 bits per heavy atom. The lowest BCUT2D eigenvalue weighted by Gasteiger charge is -2.21. The van der Waals surface area contributed by atoms with Crippen LogP contribution in [0.5, 0.6) is 5.88 Å². The maximum absolute atomic E-state index is 6.17. The lowest BCUT2D eigenvalue weighted by Crippen LogP contribution is -2.36. The fourth-order valence-electron chi connectivity index (χ4n) is 2.03. The van der Waals surface area contributed by atoms with Gasteiger partial charge in [0.05, 0.1) is 6.10 Å². The Hall–Kier alpha value is -1.36. The zero-order valence-electron chi connectivity index (χ0n) is 12.4. The molecule has 0 bridgehead atoms. The molecule has 0 aliphatic heterocycles. The molecule has 0 aliphatic carbocycles. The second-order valence-corrected chi connectivity index (χ2v) is 5.03. The van der Waals surface area contributed by atoms with Gasteiger partial charge in [0.15, 0.2) is 0 Å². The van der Waals surface area contributed by atoms with Crippen LogP contribution in [-0.2, 0) is 0 Å². The SMILES string of the molecule is CCC(CC)C(N)CNc1cc(OC(C)C)ncn1. The molecule has 0 aliphatic rings. The highest BCUT2D eigenvalue weighted by atomic mass is 16.5. The van der Waals surface area contributed by atoms with E-state index in [0.29, 0.717) is 18.3 Å². The van der Waals surface area contributed by atoms with Crippen molar-refractivity contribution in [3.63, 3.8) is 0 Å². The molecule has 0 fully saturated rings. The fraction of sp³-hybridized carbons (Fsp3) is 0.714. The number of ether oxygens (including phenoxy) is 1. The molecular weight excluding hydrogens is 240 g/mol. The van der Waals surface area contributed by atoms with E-state index in [9.17, 15) is 0 Å². The van der Waals surface area contributed by atoms with Crippen LogP contribution in [-0.4, -0.2) is 28.7 Å². The Kier molecular flexibility index (Phi) is 6.56. The van der Waals surface area contributed by atoms with Gasteiger partial charge in [-0.3, -0.25) is 0 Å². The summed E-state index contributed by atoms with van der Waals surface area (Å²) < 4.78 is 5.53. The highest BCUT2D eigenvalue weighted by Gasteiger charge is 2.13. The molecule has 1 aromatic heterocycles. The summed E-state index contributed by atoms with van der Waals surface area (Å²) in [5.74, 6) is 1.89. The molecule has 5 nitrogen and oxygen atoms in total. The zero-order chi connectivity index (χ0) is 14.3. The van der Waals surface area contributed by atoms with Gasteiger partial charge in [0.2, 0.25) is 5.88 Å². The minimum Gasteiger partial charge on any atom is -0.475 e. The molecule has 0 amide bonds. The molecule has 5 heteroatoms. The van der Waals surface area contributed by atoms with E-state index in [-0.39, 0.29) is 12.1 Å². The van der Waals surface area contributed by atoms with Crippen LogP contribution in [0.25, 0.3) is 0 Å². The Morgan fingerprint density at radius 2 is 1.95 bits per heavy atom. The summed E-state index contributed by atoms with van der Waals surface area (Å²) in [7, 11) is 0. The number of anilines is 1. The number of nitrogens with zero attached hydrogens (tertiary/aromatic N) is 2.